The van der Waals surface area contributed by atoms with Crippen molar-refractivity contribution in [2.24, 2.45) is 0 Å². The number of halogens is 1. The summed E-state index contributed by atoms with van der Waals surface area (Å²) < 4.78 is 0.617. The lowest BCUT2D eigenvalue weighted by atomic mass is 9.96. The molecule has 0 fully saturated rings. The molecule has 1 unspecified atom stereocenters. The van der Waals surface area contributed by atoms with E-state index in [1.54, 1.807) is 5.56 Å². The molecule has 0 saturated carbocycles. The first-order valence-electron chi connectivity index (χ1n) is 6.07. The van der Waals surface area contributed by atoms with Crippen LogP contribution in [0.25, 0.3) is 0 Å². The van der Waals surface area contributed by atoms with Crippen molar-refractivity contribution in [3.05, 3.63) is 34.9 Å². The number of alkyl halides is 1. The van der Waals surface area contributed by atoms with Crippen LogP contribution in [0.5, 0.6) is 0 Å². The Morgan fingerprint density at radius 3 is 2.56 bits per heavy atom. The van der Waals surface area contributed by atoms with Crippen LogP contribution in [0.15, 0.2) is 18.2 Å². The van der Waals surface area contributed by atoms with Gasteiger partial charge < -0.3 is 0 Å². The number of fused-ring (bicyclic) bond motifs is 1. The second kappa shape index (κ2) is 5.05. The van der Waals surface area contributed by atoms with Crippen LogP contribution in [0.1, 0.15) is 41.4 Å². The molecule has 0 aromatic heterocycles. The van der Waals surface area contributed by atoms with Gasteiger partial charge in [0.15, 0.2) is 0 Å². The minimum Gasteiger partial charge on any atom is -0.296 e. The summed E-state index contributed by atoms with van der Waals surface area (Å²) >= 11 is 2.49. The van der Waals surface area contributed by atoms with Gasteiger partial charge in [0.05, 0.1) is 0 Å². The van der Waals surface area contributed by atoms with Gasteiger partial charge in [-0.05, 0) is 43.9 Å². The number of benzene rings is 1. The molecule has 2 heteroatoms. The highest BCUT2D eigenvalue weighted by atomic mass is 127. The quantitative estimate of drug-likeness (QED) is 0.587. The molecule has 1 aromatic carbocycles. The lowest BCUT2D eigenvalue weighted by Gasteiger charge is -2.32. The van der Waals surface area contributed by atoms with E-state index in [0.29, 0.717) is 9.97 Å². The topological polar surface area (TPSA) is 3.24 Å². The molecule has 1 aliphatic heterocycles. The van der Waals surface area contributed by atoms with E-state index in [1.165, 1.54) is 24.1 Å². The average Bonchev–Trinajstić information content (AvgIpc) is 2.27. The molecule has 0 aliphatic carbocycles. The predicted molar refractivity (Wildman–Crippen MR) is 78.1 cm³/mol. The van der Waals surface area contributed by atoms with Crippen molar-refractivity contribution in [2.75, 3.05) is 6.54 Å². The van der Waals surface area contributed by atoms with E-state index < -0.39 is 0 Å². The fourth-order valence-corrected chi connectivity index (χ4v) is 2.67. The molecule has 0 radical (unpaired) electrons. The van der Waals surface area contributed by atoms with Gasteiger partial charge in [-0.15, -0.1) is 0 Å². The van der Waals surface area contributed by atoms with Gasteiger partial charge in [0.1, 0.15) is 0 Å². The Hall–Kier alpha value is -0.0900. The standard InChI is InChI=1S/C14H20IN/c1-10(2)16-7-6-13-8-12(11(3)15)4-5-14(13)9-16/h4-5,8,10-11H,6-7,9H2,1-3H3. The molecular formula is C14H20IN. The van der Waals surface area contributed by atoms with Gasteiger partial charge >= 0.3 is 0 Å². The van der Waals surface area contributed by atoms with Crippen LogP contribution in [0.4, 0.5) is 0 Å². The maximum absolute atomic E-state index is 2.55. The van der Waals surface area contributed by atoms with E-state index in [9.17, 15) is 0 Å². The van der Waals surface area contributed by atoms with Gasteiger partial charge in [-0.1, -0.05) is 40.8 Å². The van der Waals surface area contributed by atoms with Crippen molar-refractivity contribution in [3.8, 4) is 0 Å². The Balaban J connectivity index is 2.22. The second-order valence-corrected chi connectivity index (χ2v) is 6.83. The SMILES string of the molecule is CC(I)c1ccc2c(c1)CCN(C(C)C)C2. The zero-order valence-electron chi connectivity index (χ0n) is 10.3. The highest BCUT2D eigenvalue weighted by molar-refractivity contribution is 14.1. The smallest absolute Gasteiger partial charge is 0.0331 e. The highest BCUT2D eigenvalue weighted by Crippen LogP contribution is 2.27. The minimum absolute atomic E-state index is 0.617. The second-order valence-electron chi connectivity index (χ2n) is 4.96. The van der Waals surface area contributed by atoms with E-state index in [4.69, 9.17) is 0 Å². The van der Waals surface area contributed by atoms with Crippen molar-refractivity contribution >= 4 is 22.6 Å². The van der Waals surface area contributed by atoms with E-state index in [2.05, 4.69) is 66.5 Å². The first-order valence-corrected chi connectivity index (χ1v) is 7.32. The summed E-state index contributed by atoms with van der Waals surface area (Å²) in [7, 11) is 0. The molecular weight excluding hydrogens is 309 g/mol. The number of hydrogen-bond acceptors (Lipinski definition) is 1. The number of nitrogens with zero attached hydrogens (tertiary/aromatic N) is 1. The summed E-state index contributed by atoms with van der Waals surface area (Å²) in [6, 6.07) is 7.69. The monoisotopic (exact) mass is 329 g/mol. The van der Waals surface area contributed by atoms with E-state index >= 15 is 0 Å². The van der Waals surface area contributed by atoms with Crippen LogP contribution >= 0.6 is 22.6 Å². The first-order chi connectivity index (χ1) is 7.58. The molecule has 1 nitrogen and oxygen atoms in total. The molecule has 0 bridgehead atoms. The summed E-state index contributed by atoms with van der Waals surface area (Å²) in [4.78, 5) is 2.55. The molecule has 0 amide bonds. The van der Waals surface area contributed by atoms with E-state index in [0.717, 1.165) is 6.54 Å². The molecule has 0 saturated heterocycles. The fraction of sp³-hybridized carbons (Fsp3) is 0.571. The molecule has 0 spiro atoms. The van der Waals surface area contributed by atoms with Crippen LogP contribution in [0, 0.1) is 0 Å². The molecule has 0 N–H and O–H groups in total. The van der Waals surface area contributed by atoms with Crippen molar-refractivity contribution in [1.82, 2.24) is 4.90 Å². The van der Waals surface area contributed by atoms with Crippen LogP contribution in [-0.4, -0.2) is 17.5 Å². The molecule has 2 rings (SSSR count). The zero-order chi connectivity index (χ0) is 11.7. The van der Waals surface area contributed by atoms with Gasteiger partial charge in [-0.2, -0.15) is 0 Å². The maximum Gasteiger partial charge on any atom is 0.0331 e. The van der Waals surface area contributed by atoms with E-state index in [-0.39, 0.29) is 0 Å². The average molecular weight is 329 g/mol. The normalized spacial score (nSPS) is 18.6. The van der Waals surface area contributed by atoms with Gasteiger partial charge in [-0.3, -0.25) is 4.90 Å². The summed E-state index contributed by atoms with van der Waals surface area (Å²) in [6.07, 6.45) is 1.21. The van der Waals surface area contributed by atoms with Crippen LogP contribution in [0.2, 0.25) is 0 Å². The summed E-state index contributed by atoms with van der Waals surface area (Å²) in [5.41, 5.74) is 4.57. The third-order valence-corrected chi connectivity index (χ3v) is 4.18. The molecule has 1 aliphatic rings. The largest absolute Gasteiger partial charge is 0.296 e. The maximum atomic E-state index is 2.55. The lowest BCUT2D eigenvalue weighted by molar-refractivity contribution is 0.203. The highest BCUT2D eigenvalue weighted by Gasteiger charge is 2.18. The van der Waals surface area contributed by atoms with Crippen LogP contribution in [-0.2, 0) is 13.0 Å². The Bertz CT molecular complexity index is 371. The predicted octanol–water partition coefficient (Wildman–Crippen LogP) is 3.95. The number of hydrogen-bond donors (Lipinski definition) is 0. The molecule has 16 heavy (non-hydrogen) atoms. The van der Waals surface area contributed by atoms with E-state index in [1.807, 2.05) is 0 Å². The lowest BCUT2D eigenvalue weighted by Crippen LogP contribution is -2.35. The van der Waals surface area contributed by atoms with Crippen LogP contribution < -0.4 is 0 Å². The van der Waals surface area contributed by atoms with Gasteiger partial charge in [0, 0.05) is 23.1 Å². The Morgan fingerprint density at radius 1 is 1.19 bits per heavy atom. The third kappa shape index (κ3) is 2.59. The van der Waals surface area contributed by atoms with Crippen molar-refractivity contribution in [1.29, 1.82) is 0 Å². The molecule has 1 aromatic rings. The Kier molecular flexibility index (Phi) is 3.90. The Morgan fingerprint density at radius 2 is 1.94 bits per heavy atom. The molecule has 1 atom stereocenters. The molecule has 1 heterocycles. The van der Waals surface area contributed by atoms with Crippen molar-refractivity contribution in [3.63, 3.8) is 0 Å². The zero-order valence-corrected chi connectivity index (χ0v) is 12.5. The van der Waals surface area contributed by atoms with Crippen molar-refractivity contribution in [2.45, 2.75) is 43.7 Å². The van der Waals surface area contributed by atoms with Crippen molar-refractivity contribution < 1.29 is 0 Å². The molecule has 88 valence electrons. The number of rotatable bonds is 2. The summed E-state index contributed by atoms with van der Waals surface area (Å²) in [6.45, 7) is 9.16. The summed E-state index contributed by atoms with van der Waals surface area (Å²) in [5, 5.41) is 0. The van der Waals surface area contributed by atoms with Gasteiger partial charge in [0.2, 0.25) is 0 Å². The van der Waals surface area contributed by atoms with Gasteiger partial charge in [-0.25, -0.2) is 0 Å². The minimum atomic E-state index is 0.617. The summed E-state index contributed by atoms with van der Waals surface area (Å²) in [5.74, 6) is 0. The Labute approximate surface area is 112 Å². The first kappa shape index (κ1) is 12.4. The fourth-order valence-electron chi connectivity index (χ4n) is 2.28. The third-order valence-electron chi connectivity index (χ3n) is 3.46. The van der Waals surface area contributed by atoms with Crippen LogP contribution in [0.3, 0.4) is 0 Å². The van der Waals surface area contributed by atoms with Gasteiger partial charge in [0.25, 0.3) is 0 Å².